The molecule has 1 fully saturated rings. The van der Waals surface area contributed by atoms with Gasteiger partial charge in [0.15, 0.2) is 5.69 Å². The summed E-state index contributed by atoms with van der Waals surface area (Å²) >= 11 is 6.15. The topological polar surface area (TPSA) is 96.3 Å². The van der Waals surface area contributed by atoms with Gasteiger partial charge in [0.05, 0.1) is 6.54 Å². The highest BCUT2D eigenvalue weighted by molar-refractivity contribution is 6.31. The number of hydrogen-bond donors (Lipinski definition) is 2. The number of fused-ring (bicyclic) bond motifs is 1. The monoisotopic (exact) mass is 457 g/mol. The first kappa shape index (κ1) is 22.3. The van der Waals surface area contributed by atoms with Crippen LogP contribution >= 0.6 is 11.6 Å². The van der Waals surface area contributed by atoms with Crippen molar-refractivity contribution in [3.63, 3.8) is 0 Å². The lowest BCUT2D eigenvalue weighted by Crippen LogP contribution is -2.64. The summed E-state index contributed by atoms with van der Waals surface area (Å²) in [6.45, 7) is 4.44. The quantitative estimate of drug-likeness (QED) is 0.697. The average molecular weight is 458 g/mol. The van der Waals surface area contributed by atoms with Crippen LogP contribution in [0.2, 0.25) is 5.02 Å². The molecule has 1 aliphatic heterocycles. The number of benzene rings is 1. The number of rotatable bonds is 6. The van der Waals surface area contributed by atoms with E-state index in [1.165, 1.54) is 10.7 Å². The van der Waals surface area contributed by atoms with Crippen molar-refractivity contribution >= 4 is 29.3 Å². The molecule has 32 heavy (non-hydrogen) atoms. The molecule has 3 amide bonds. The van der Waals surface area contributed by atoms with Crippen LogP contribution in [-0.2, 0) is 17.9 Å². The Balaban J connectivity index is 1.53. The number of halogens is 1. The first-order valence-electron chi connectivity index (χ1n) is 11.1. The lowest BCUT2D eigenvalue weighted by Gasteiger charge is -2.43. The van der Waals surface area contributed by atoms with Crippen LogP contribution in [0, 0.1) is 0 Å². The summed E-state index contributed by atoms with van der Waals surface area (Å²) in [6, 6.07) is 8.89. The van der Waals surface area contributed by atoms with E-state index < -0.39 is 11.4 Å². The largest absolute Gasteiger partial charge is 0.351 e. The summed E-state index contributed by atoms with van der Waals surface area (Å²) in [4.78, 5) is 40.7. The minimum absolute atomic E-state index is 0.136. The number of nitrogens with one attached hydrogen (secondary N) is 2. The van der Waals surface area contributed by atoms with Gasteiger partial charge in [-0.2, -0.15) is 5.10 Å². The Morgan fingerprint density at radius 2 is 1.97 bits per heavy atom. The van der Waals surface area contributed by atoms with Gasteiger partial charge in [-0.25, -0.2) is 0 Å². The number of aromatic nitrogens is 2. The maximum atomic E-state index is 13.2. The van der Waals surface area contributed by atoms with Crippen LogP contribution in [0.1, 0.15) is 66.1 Å². The highest BCUT2D eigenvalue weighted by Gasteiger charge is 2.48. The van der Waals surface area contributed by atoms with Crippen molar-refractivity contribution in [2.45, 2.75) is 64.2 Å². The highest BCUT2D eigenvalue weighted by Crippen LogP contribution is 2.28. The van der Waals surface area contributed by atoms with E-state index in [2.05, 4.69) is 15.7 Å². The average Bonchev–Trinajstić information content (AvgIpc) is 3.43. The van der Waals surface area contributed by atoms with Crippen molar-refractivity contribution in [2.24, 2.45) is 0 Å². The van der Waals surface area contributed by atoms with Crippen molar-refractivity contribution in [3.8, 4) is 0 Å². The van der Waals surface area contributed by atoms with Crippen molar-refractivity contribution in [1.29, 1.82) is 0 Å². The SMILES string of the molecule is CCN1C(=O)c2cc(C(=O)NCc3ccccc3Cl)nn2C[C@@]1(C)C(=O)NC1CCCC1. The molecule has 1 aromatic heterocycles. The van der Waals surface area contributed by atoms with Gasteiger partial charge in [-0.05, 0) is 38.3 Å². The van der Waals surface area contributed by atoms with E-state index in [0.717, 1.165) is 31.2 Å². The third kappa shape index (κ3) is 4.11. The molecule has 8 nitrogen and oxygen atoms in total. The highest BCUT2D eigenvalue weighted by atomic mass is 35.5. The Labute approximate surface area is 192 Å². The van der Waals surface area contributed by atoms with E-state index >= 15 is 0 Å². The summed E-state index contributed by atoms with van der Waals surface area (Å²) < 4.78 is 1.48. The second kappa shape index (κ2) is 8.94. The van der Waals surface area contributed by atoms with Gasteiger partial charge in [-0.3, -0.25) is 19.1 Å². The predicted molar refractivity (Wildman–Crippen MR) is 120 cm³/mol. The van der Waals surface area contributed by atoms with Gasteiger partial charge in [0.2, 0.25) is 5.91 Å². The summed E-state index contributed by atoms with van der Waals surface area (Å²) in [5.41, 5.74) is 0.160. The summed E-state index contributed by atoms with van der Waals surface area (Å²) in [7, 11) is 0. The Kier molecular flexibility index (Phi) is 6.24. The van der Waals surface area contributed by atoms with Gasteiger partial charge in [-0.1, -0.05) is 42.6 Å². The van der Waals surface area contributed by atoms with E-state index in [1.807, 2.05) is 25.1 Å². The van der Waals surface area contributed by atoms with Gasteiger partial charge >= 0.3 is 0 Å². The number of likely N-dealkylation sites (N-methyl/N-ethyl adjacent to an activating group) is 1. The maximum Gasteiger partial charge on any atom is 0.273 e. The Morgan fingerprint density at radius 3 is 2.66 bits per heavy atom. The Hall–Kier alpha value is -2.87. The van der Waals surface area contributed by atoms with Crippen LogP contribution in [-0.4, -0.2) is 50.5 Å². The smallest absolute Gasteiger partial charge is 0.273 e. The molecule has 1 saturated carbocycles. The number of amides is 3. The van der Waals surface area contributed by atoms with E-state index in [9.17, 15) is 14.4 Å². The fraction of sp³-hybridized carbons (Fsp3) is 0.478. The molecule has 1 aromatic carbocycles. The fourth-order valence-electron chi connectivity index (χ4n) is 4.57. The van der Waals surface area contributed by atoms with Gasteiger partial charge in [0.1, 0.15) is 11.2 Å². The van der Waals surface area contributed by atoms with E-state index in [4.69, 9.17) is 11.6 Å². The van der Waals surface area contributed by atoms with Gasteiger partial charge < -0.3 is 15.5 Å². The van der Waals surface area contributed by atoms with Gasteiger partial charge in [0.25, 0.3) is 11.8 Å². The standard InChI is InChI=1S/C23H28ClN5O3/c1-3-28-21(31)19-12-18(20(30)25-13-15-8-4-7-11-17(15)24)27-29(19)14-23(28,2)22(32)26-16-9-5-6-10-16/h4,7-8,11-12,16H,3,5-6,9-10,13-14H2,1-2H3,(H,25,30)(H,26,32)/t23-/m0/s1. The first-order valence-corrected chi connectivity index (χ1v) is 11.4. The molecule has 2 aliphatic rings. The van der Waals surface area contributed by atoms with Crippen molar-refractivity contribution < 1.29 is 14.4 Å². The lowest BCUT2D eigenvalue weighted by atomic mass is 9.94. The van der Waals surface area contributed by atoms with Crippen LogP contribution in [0.4, 0.5) is 0 Å². The molecule has 2 N–H and O–H groups in total. The molecule has 1 atom stereocenters. The Bertz CT molecular complexity index is 1050. The third-order valence-corrected chi connectivity index (χ3v) is 6.79. The third-order valence-electron chi connectivity index (χ3n) is 6.42. The van der Waals surface area contributed by atoms with E-state index in [-0.39, 0.29) is 36.6 Å². The lowest BCUT2D eigenvalue weighted by molar-refractivity contribution is -0.133. The second-order valence-corrected chi connectivity index (χ2v) is 9.03. The summed E-state index contributed by atoms with van der Waals surface area (Å²) in [6.07, 6.45) is 4.14. The number of carbonyl (C=O) groups excluding carboxylic acids is 3. The van der Waals surface area contributed by atoms with Gasteiger partial charge in [0, 0.05) is 30.2 Å². The van der Waals surface area contributed by atoms with Crippen LogP contribution in [0.25, 0.3) is 0 Å². The molecule has 1 aliphatic carbocycles. The van der Waals surface area contributed by atoms with Crippen LogP contribution in [0.5, 0.6) is 0 Å². The first-order chi connectivity index (χ1) is 15.3. The molecule has 0 spiro atoms. The number of nitrogens with zero attached hydrogens (tertiary/aromatic N) is 3. The minimum atomic E-state index is -1.07. The molecule has 0 radical (unpaired) electrons. The molecule has 0 bridgehead atoms. The molecule has 170 valence electrons. The molecular formula is C23H28ClN5O3. The minimum Gasteiger partial charge on any atom is -0.351 e. The Morgan fingerprint density at radius 1 is 1.25 bits per heavy atom. The zero-order valence-corrected chi connectivity index (χ0v) is 19.1. The zero-order chi connectivity index (χ0) is 22.9. The van der Waals surface area contributed by atoms with Crippen molar-refractivity contribution in [3.05, 3.63) is 52.3 Å². The van der Waals surface area contributed by atoms with Crippen molar-refractivity contribution in [2.75, 3.05) is 6.54 Å². The molecule has 2 aromatic rings. The normalized spacial score (nSPS) is 20.8. The molecule has 2 heterocycles. The van der Waals surface area contributed by atoms with Gasteiger partial charge in [-0.15, -0.1) is 0 Å². The second-order valence-electron chi connectivity index (χ2n) is 8.62. The van der Waals surface area contributed by atoms with E-state index in [1.54, 1.807) is 17.9 Å². The summed E-state index contributed by atoms with van der Waals surface area (Å²) in [5, 5.41) is 10.8. The molecule has 0 saturated heterocycles. The zero-order valence-electron chi connectivity index (χ0n) is 18.4. The van der Waals surface area contributed by atoms with Crippen LogP contribution < -0.4 is 10.6 Å². The van der Waals surface area contributed by atoms with Crippen LogP contribution in [0.3, 0.4) is 0 Å². The maximum absolute atomic E-state index is 13.2. The summed E-state index contributed by atoms with van der Waals surface area (Å²) in [5.74, 6) is -0.884. The van der Waals surface area contributed by atoms with E-state index in [0.29, 0.717) is 17.3 Å². The molecule has 0 unspecified atom stereocenters. The molecule has 9 heteroatoms. The fourth-order valence-corrected chi connectivity index (χ4v) is 4.77. The number of hydrogen-bond acceptors (Lipinski definition) is 4. The van der Waals surface area contributed by atoms with Crippen LogP contribution in [0.15, 0.2) is 30.3 Å². The molecule has 4 rings (SSSR count). The van der Waals surface area contributed by atoms with Crippen molar-refractivity contribution in [1.82, 2.24) is 25.3 Å². The molecular weight excluding hydrogens is 430 g/mol. The predicted octanol–water partition coefficient (Wildman–Crippen LogP) is 2.76. The number of carbonyl (C=O) groups is 3.